The first-order valence-corrected chi connectivity index (χ1v) is 9.77. The molecule has 0 radical (unpaired) electrons. The Bertz CT molecular complexity index is 1350. The van der Waals surface area contributed by atoms with Crippen LogP contribution in [0.25, 0.3) is 11.0 Å². The van der Waals surface area contributed by atoms with E-state index in [1.54, 1.807) is 18.2 Å². The number of fused-ring (bicyclic) bond motifs is 1. The molecule has 8 heteroatoms. The number of aromatic nitrogens is 3. The second-order valence-electron chi connectivity index (χ2n) is 6.25. The first-order chi connectivity index (χ1) is 14.0. The second-order valence-corrected chi connectivity index (χ2v) is 7.26. The Labute approximate surface area is 168 Å². The largest absolute Gasteiger partial charge is 0.493 e. The lowest BCUT2D eigenvalue weighted by Gasteiger charge is -2.05. The molecule has 0 unspecified atom stereocenters. The summed E-state index contributed by atoms with van der Waals surface area (Å²) in [4.78, 5) is 29.4. The highest BCUT2D eigenvalue weighted by molar-refractivity contribution is 7.15. The van der Waals surface area contributed by atoms with Crippen molar-refractivity contribution in [2.45, 2.75) is 13.3 Å². The summed E-state index contributed by atoms with van der Waals surface area (Å²) in [5.41, 5.74) is 0.733. The van der Waals surface area contributed by atoms with Crippen LogP contribution in [0.3, 0.4) is 0 Å². The Hall–Kier alpha value is -3.39. The number of para-hydroxylation sites is 1. The number of ether oxygens (including phenoxy) is 1. The molecule has 0 saturated heterocycles. The van der Waals surface area contributed by atoms with Gasteiger partial charge in [0.05, 0.1) is 11.1 Å². The van der Waals surface area contributed by atoms with Crippen LogP contribution >= 0.6 is 11.3 Å². The molecule has 0 N–H and O–H groups in total. The molecule has 146 valence electrons. The van der Waals surface area contributed by atoms with E-state index in [1.807, 2.05) is 31.2 Å². The van der Waals surface area contributed by atoms with Gasteiger partial charge in [0.2, 0.25) is 4.96 Å². The number of thiazole rings is 1. The predicted molar refractivity (Wildman–Crippen MR) is 109 cm³/mol. The Morgan fingerprint density at radius 3 is 2.66 bits per heavy atom. The molecule has 2 aromatic heterocycles. The van der Waals surface area contributed by atoms with Gasteiger partial charge >= 0.3 is 0 Å². The summed E-state index contributed by atoms with van der Waals surface area (Å²) in [7, 11) is 0. The van der Waals surface area contributed by atoms with Crippen molar-refractivity contribution in [3.05, 3.63) is 96.4 Å². The Kier molecular flexibility index (Phi) is 5.18. The normalized spacial score (nSPS) is 11.9. The summed E-state index contributed by atoms with van der Waals surface area (Å²) in [6.07, 6.45) is 1.87. The molecule has 0 saturated carbocycles. The highest BCUT2D eigenvalue weighted by atomic mass is 32.1. The standard InChI is InChI=1S/C21H16FN3O3S/c1-2-28-17-6-4-3-5-14(17)12-18-20(27)25-21(29-18)23-19(26)16(24-25)11-13-7-9-15(22)10-8-13/h3-10,12H,2,11H2,1H3. The quantitative estimate of drug-likeness (QED) is 0.505. The molecule has 2 heterocycles. The summed E-state index contributed by atoms with van der Waals surface area (Å²) >= 11 is 1.09. The van der Waals surface area contributed by atoms with Crippen LogP contribution < -0.4 is 20.4 Å². The third kappa shape index (κ3) is 3.93. The van der Waals surface area contributed by atoms with Crippen molar-refractivity contribution >= 4 is 22.4 Å². The fourth-order valence-corrected chi connectivity index (χ4v) is 3.77. The first kappa shape index (κ1) is 18.9. The zero-order chi connectivity index (χ0) is 20.4. The van der Waals surface area contributed by atoms with Crippen LogP contribution in [0.15, 0.2) is 58.1 Å². The van der Waals surface area contributed by atoms with Gasteiger partial charge in [-0.3, -0.25) is 9.59 Å². The maximum absolute atomic E-state index is 13.1. The first-order valence-electron chi connectivity index (χ1n) is 8.96. The van der Waals surface area contributed by atoms with Gasteiger partial charge in [-0.1, -0.05) is 41.7 Å². The Morgan fingerprint density at radius 1 is 1.14 bits per heavy atom. The van der Waals surface area contributed by atoms with Gasteiger partial charge in [-0.15, -0.1) is 0 Å². The van der Waals surface area contributed by atoms with Crippen molar-refractivity contribution < 1.29 is 9.13 Å². The van der Waals surface area contributed by atoms with Crippen molar-refractivity contribution in [1.29, 1.82) is 0 Å². The van der Waals surface area contributed by atoms with Crippen molar-refractivity contribution in [3.63, 3.8) is 0 Å². The van der Waals surface area contributed by atoms with Gasteiger partial charge in [0.15, 0.2) is 0 Å². The molecule has 2 aromatic carbocycles. The third-order valence-electron chi connectivity index (χ3n) is 4.24. The highest BCUT2D eigenvalue weighted by Crippen LogP contribution is 2.18. The Balaban J connectivity index is 1.79. The number of hydrogen-bond donors (Lipinski definition) is 0. The average molecular weight is 409 g/mol. The Morgan fingerprint density at radius 2 is 1.90 bits per heavy atom. The number of halogens is 1. The maximum Gasteiger partial charge on any atom is 0.296 e. The van der Waals surface area contributed by atoms with E-state index in [9.17, 15) is 14.0 Å². The maximum atomic E-state index is 13.1. The van der Waals surface area contributed by atoms with Crippen LogP contribution in [0, 0.1) is 5.82 Å². The van der Waals surface area contributed by atoms with Crippen molar-refractivity contribution in [3.8, 4) is 5.75 Å². The molecule has 0 bridgehead atoms. The van der Waals surface area contributed by atoms with E-state index >= 15 is 0 Å². The second kappa shape index (κ2) is 7.92. The molecule has 0 aliphatic heterocycles. The molecular weight excluding hydrogens is 393 g/mol. The van der Waals surface area contributed by atoms with E-state index in [4.69, 9.17) is 4.74 Å². The SMILES string of the molecule is CCOc1ccccc1C=c1sc2nc(=O)c(Cc3ccc(F)cc3)nn2c1=O. The van der Waals surface area contributed by atoms with Gasteiger partial charge < -0.3 is 4.74 Å². The van der Waals surface area contributed by atoms with E-state index in [-0.39, 0.29) is 28.5 Å². The van der Waals surface area contributed by atoms with Gasteiger partial charge in [-0.05, 0) is 36.8 Å². The van der Waals surface area contributed by atoms with E-state index in [2.05, 4.69) is 10.1 Å². The molecular formula is C21H16FN3O3S. The van der Waals surface area contributed by atoms with E-state index in [0.29, 0.717) is 22.5 Å². The number of rotatable bonds is 5. The summed E-state index contributed by atoms with van der Waals surface area (Å²) < 4.78 is 20.2. The van der Waals surface area contributed by atoms with Crippen LogP contribution in [-0.4, -0.2) is 21.2 Å². The molecule has 6 nitrogen and oxygen atoms in total. The fraction of sp³-hybridized carbons (Fsp3) is 0.143. The minimum absolute atomic E-state index is 0.130. The van der Waals surface area contributed by atoms with Gasteiger partial charge in [0.1, 0.15) is 17.3 Å². The lowest BCUT2D eigenvalue weighted by atomic mass is 10.1. The van der Waals surface area contributed by atoms with E-state index in [1.165, 1.54) is 12.1 Å². The number of nitrogens with zero attached hydrogens (tertiary/aromatic N) is 3. The van der Waals surface area contributed by atoms with E-state index < -0.39 is 5.56 Å². The predicted octanol–water partition coefficient (Wildman–Crippen LogP) is 2.19. The third-order valence-corrected chi connectivity index (χ3v) is 5.20. The highest BCUT2D eigenvalue weighted by Gasteiger charge is 2.12. The minimum atomic E-state index is -0.503. The summed E-state index contributed by atoms with van der Waals surface area (Å²) in [6, 6.07) is 13.1. The van der Waals surface area contributed by atoms with Gasteiger partial charge in [0.25, 0.3) is 11.1 Å². The lowest BCUT2D eigenvalue weighted by Crippen LogP contribution is -2.28. The minimum Gasteiger partial charge on any atom is -0.493 e. The van der Waals surface area contributed by atoms with Crippen LogP contribution in [0.5, 0.6) is 5.75 Å². The van der Waals surface area contributed by atoms with Crippen molar-refractivity contribution in [1.82, 2.24) is 14.6 Å². The van der Waals surface area contributed by atoms with Crippen LogP contribution in [0.2, 0.25) is 0 Å². The van der Waals surface area contributed by atoms with Crippen LogP contribution in [-0.2, 0) is 6.42 Å². The molecule has 0 fully saturated rings. The summed E-state index contributed by atoms with van der Waals surface area (Å²) in [6.45, 7) is 2.39. The fourth-order valence-electron chi connectivity index (χ4n) is 2.88. The van der Waals surface area contributed by atoms with E-state index in [0.717, 1.165) is 21.4 Å². The molecule has 4 aromatic rings. The zero-order valence-electron chi connectivity index (χ0n) is 15.5. The topological polar surface area (TPSA) is 73.6 Å². The van der Waals surface area contributed by atoms with Gasteiger partial charge in [-0.25, -0.2) is 4.39 Å². The summed E-state index contributed by atoms with van der Waals surface area (Å²) in [5, 5.41) is 4.21. The molecule has 29 heavy (non-hydrogen) atoms. The molecule has 0 amide bonds. The van der Waals surface area contributed by atoms with Crippen molar-refractivity contribution in [2.75, 3.05) is 6.61 Å². The average Bonchev–Trinajstić information content (AvgIpc) is 3.00. The lowest BCUT2D eigenvalue weighted by molar-refractivity contribution is 0.339. The smallest absolute Gasteiger partial charge is 0.296 e. The zero-order valence-corrected chi connectivity index (χ0v) is 16.3. The molecule has 4 rings (SSSR count). The number of hydrogen-bond acceptors (Lipinski definition) is 6. The number of benzene rings is 2. The molecule has 0 aliphatic carbocycles. The van der Waals surface area contributed by atoms with Gasteiger partial charge in [-0.2, -0.15) is 14.6 Å². The summed E-state index contributed by atoms with van der Waals surface area (Å²) in [5.74, 6) is 0.304. The van der Waals surface area contributed by atoms with Crippen LogP contribution in [0.1, 0.15) is 23.7 Å². The molecule has 0 atom stereocenters. The molecule has 0 spiro atoms. The van der Waals surface area contributed by atoms with Crippen molar-refractivity contribution in [2.24, 2.45) is 0 Å². The van der Waals surface area contributed by atoms with Crippen LogP contribution in [0.4, 0.5) is 4.39 Å². The molecule has 0 aliphatic rings. The van der Waals surface area contributed by atoms with Gasteiger partial charge in [0, 0.05) is 12.0 Å². The monoisotopic (exact) mass is 409 g/mol.